The fourth-order valence-electron chi connectivity index (χ4n) is 3.17. The first-order chi connectivity index (χ1) is 12.2. The molecular weight excluding hydrogens is 322 g/mol. The Kier molecular flexibility index (Phi) is 5.88. The lowest BCUT2D eigenvalue weighted by atomic mass is 10.1. The van der Waals surface area contributed by atoms with Gasteiger partial charge in [-0.3, -0.25) is 9.59 Å². The first-order valence-corrected chi connectivity index (χ1v) is 8.65. The smallest absolute Gasteiger partial charge is 0.242 e. The lowest BCUT2D eigenvalue weighted by Crippen LogP contribution is -2.53. The molecule has 0 bridgehead atoms. The number of nitrogens with zero attached hydrogens (tertiary/aromatic N) is 2. The van der Waals surface area contributed by atoms with Crippen LogP contribution in [0, 0.1) is 0 Å². The van der Waals surface area contributed by atoms with Crippen molar-refractivity contribution in [2.24, 2.45) is 0 Å². The van der Waals surface area contributed by atoms with Crippen LogP contribution in [0.15, 0.2) is 24.3 Å². The lowest BCUT2D eigenvalue weighted by molar-refractivity contribution is -0.146. The summed E-state index contributed by atoms with van der Waals surface area (Å²) in [6, 6.07) is 7.75. The zero-order valence-electron chi connectivity index (χ0n) is 14.6. The number of piperazine rings is 1. The van der Waals surface area contributed by atoms with Gasteiger partial charge in [0.2, 0.25) is 11.8 Å². The van der Waals surface area contributed by atoms with Gasteiger partial charge in [-0.05, 0) is 17.7 Å². The molecule has 7 nitrogen and oxygen atoms in total. The average Bonchev–Trinajstić information content (AvgIpc) is 2.64. The van der Waals surface area contributed by atoms with E-state index in [0.29, 0.717) is 39.3 Å². The van der Waals surface area contributed by atoms with Gasteiger partial charge in [0, 0.05) is 38.6 Å². The minimum atomic E-state index is -0.0183. The first-order valence-electron chi connectivity index (χ1n) is 8.65. The second-order valence-electron chi connectivity index (χ2n) is 6.41. The van der Waals surface area contributed by atoms with E-state index in [1.54, 1.807) is 16.9 Å². The Bertz CT molecular complexity index is 616. The molecule has 2 heterocycles. The molecule has 3 rings (SSSR count). The van der Waals surface area contributed by atoms with Crippen molar-refractivity contribution in [2.45, 2.75) is 19.0 Å². The number of rotatable bonds is 5. The summed E-state index contributed by atoms with van der Waals surface area (Å²) >= 11 is 0. The minimum absolute atomic E-state index is 0.0115. The van der Waals surface area contributed by atoms with Gasteiger partial charge in [-0.2, -0.15) is 0 Å². The van der Waals surface area contributed by atoms with Crippen LogP contribution in [-0.4, -0.2) is 74.2 Å². The van der Waals surface area contributed by atoms with Gasteiger partial charge in [0.05, 0.1) is 26.9 Å². The molecule has 0 aliphatic carbocycles. The largest absolute Gasteiger partial charge is 0.497 e. The number of hydrogen-bond donors (Lipinski definition) is 1. The highest BCUT2D eigenvalue weighted by Crippen LogP contribution is 2.16. The SMILES string of the molecule is COc1cccc(CN2CCN(C(=O)C[C@H]3COCCN3)CC2=O)c1. The Morgan fingerprint density at radius 1 is 1.40 bits per heavy atom. The highest BCUT2D eigenvalue weighted by atomic mass is 16.5. The lowest BCUT2D eigenvalue weighted by Gasteiger charge is -2.35. The number of hydrogen-bond acceptors (Lipinski definition) is 5. The molecule has 2 aliphatic rings. The van der Waals surface area contributed by atoms with Gasteiger partial charge in [0.25, 0.3) is 0 Å². The number of methoxy groups -OCH3 is 1. The van der Waals surface area contributed by atoms with E-state index in [2.05, 4.69) is 5.32 Å². The second kappa shape index (κ2) is 8.31. The number of carbonyl (C=O) groups excluding carboxylic acids is 2. The van der Waals surface area contributed by atoms with Gasteiger partial charge >= 0.3 is 0 Å². The van der Waals surface area contributed by atoms with Crippen LogP contribution in [0.25, 0.3) is 0 Å². The number of ether oxygens (including phenoxy) is 2. The van der Waals surface area contributed by atoms with Crippen LogP contribution in [-0.2, 0) is 20.9 Å². The van der Waals surface area contributed by atoms with Gasteiger partial charge in [0.1, 0.15) is 5.75 Å². The molecule has 2 aliphatic heterocycles. The third-order valence-corrected chi connectivity index (χ3v) is 4.60. The van der Waals surface area contributed by atoms with Crippen LogP contribution < -0.4 is 10.1 Å². The van der Waals surface area contributed by atoms with Crippen molar-refractivity contribution in [3.63, 3.8) is 0 Å². The molecule has 0 saturated carbocycles. The normalized spacial score (nSPS) is 21.3. The first kappa shape index (κ1) is 17.7. The molecule has 136 valence electrons. The quantitative estimate of drug-likeness (QED) is 0.826. The summed E-state index contributed by atoms with van der Waals surface area (Å²) in [5.74, 6) is 0.772. The fourth-order valence-corrected chi connectivity index (χ4v) is 3.17. The Hall–Kier alpha value is -2.12. The zero-order valence-corrected chi connectivity index (χ0v) is 14.6. The van der Waals surface area contributed by atoms with E-state index in [0.717, 1.165) is 17.9 Å². The third-order valence-electron chi connectivity index (χ3n) is 4.60. The number of morpholine rings is 1. The van der Waals surface area contributed by atoms with Gasteiger partial charge in [0.15, 0.2) is 0 Å². The molecule has 2 amide bonds. The maximum atomic E-state index is 12.4. The molecule has 0 unspecified atom stereocenters. The standard InChI is InChI=1S/C18H25N3O4/c1-24-16-4-2-3-14(9-16)11-20-6-7-21(12-18(20)23)17(22)10-15-13-25-8-5-19-15/h2-4,9,15,19H,5-8,10-13H2,1H3/t15-/m0/s1. The van der Waals surface area contributed by atoms with Crippen molar-refractivity contribution in [1.82, 2.24) is 15.1 Å². The topological polar surface area (TPSA) is 71.1 Å². The van der Waals surface area contributed by atoms with E-state index < -0.39 is 0 Å². The predicted molar refractivity (Wildman–Crippen MR) is 92.2 cm³/mol. The van der Waals surface area contributed by atoms with Crippen molar-refractivity contribution in [3.05, 3.63) is 29.8 Å². The van der Waals surface area contributed by atoms with Crippen LogP contribution >= 0.6 is 0 Å². The molecular formula is C18H25N3O4. The van der Waals surface area contributed by atoms with E-state index in [9.17, 15) is 9.59 Å². The number of benzene rings is 1. The summed E-state index contributed by atoms with van der Waals surface area (Å²) in [5, 5.41) is 3.27. The number of nitrogens with one attached hydrogen (secondary N) is 1. The summed E-state index contributed by atoms with van der Waals surface area (Å²) in [5.41, 5.74) is 1.02. The Morgan fingerprint density at radius 2 is 2.28 bits per heavy atom. The van der Waals surface area contributed by atoms with Crippen LogP contribution in [0.2, 0.25) is 0 Å². The minimum Gasteiger partial charge on any atom is -0.497 e. The van der Waals surface area contributed by atoms with Crippen molar-refractivity contribution >= 4 is 11.8 Å². The maximum Gasteiger partial charge on any atom is 0.242 e. The summed E-state index contributed by atoms with van der Waals surface area (Å²) < 4.78 is 10.6. The van der Waals surface area contributed by atoms with Crippen molar-refractivity contribution in [3.8, 4) is 5.75 Å². The van der Waals surface area contributed by atoms with Crippen molar-refractivity contribution in [1.29, 1.82) is 0 Å². The van der Waals surface area contributed by atoms with Crippen LogP contribution in [0.1, 0.15) is 12.0 Å². The Balaban J connectivity index is 1.51. The van der Waals surface area contributed by atoms with Crippen LogP contribution in [0.3, 0.4) is 0 Å². The molecule has 25 heavy (non-hydrogen) atoms. The third kappa shape index (κ3) is 4.70. The summed E-state index contributed by atoms with van der Waals surface area (Å²) in [4.78, 5) is 28.3. The number of carbonyl (C=O) groups is 2. The molecule has 2 saturated heterocycles. The highest BCUT2D eigenvalue weighted by molar-refractivity contribution is 5.86. The molecule has 1 atom stereocenters. The van der Waals surface area contributed by atoms with E-state index in [-0.39, 0.29) is 24.4 Å². The van der Waals surface area contributed by atoms with Gasteiger partial charge in [-0.25, -0.2) is 0 Å². The van der Waals surface area contributed by atoms with Crippen LogP contribution in [0.4, 0.5) is 0 Å². The molecule has 0 radical (unpaired) electrons. The number of amides is 2. The molecule has 7 heteroatoms. The van der Waals surface area contributed by atoms with Gasteiger partial charge in [-0.15, -0.1) is 0 Å². The van der Waals surface area contributed by atoms with Gasteiger partial charge < -0.3 is 24.6 Å². The summed E-state index contributed by atoms with van der Waals surface area (Å²) in [7, 11) is 1.63. The van der Waals surface area contributed by atoms with Crippen LogP contribution in [0.5, 0.6) is 5.75 Å². The molecule has 2 fully saturated rings. The molecule has 0 aromatic heterocycles. The fraction of sp³-hybridized carbons (Fsp3) is 0.556. The summed E-state index contributed by atoms with van der Waals surface area (Å²) in [6.07, 6.45) is 0.378. The zero-order chi connectivity index (χ0) is 17.6. The van der Waals surface area contributed by atoms with E-state index in [1.807, 2.05) is 24.3 Å². The highest BCUT2D eigenvalue weighted by Gasteiger charge is 2.28. The maximum absolute atomic E-state index is 12.4. The average molecular weight is 347 g/mol. The van der Waals surface area contributed by atoms with Crippen molar-refractivity contribution in [2.75, 3.05) is 46.5 Å². The van der Waals surface area contributed by atoms with Crippen molar-refractivity contribution < 1.29 is 19.1 Å². The summed E-state index contributed by atoms with van der Waals surface area (Å²) in [6.45, 7) is 3.82. The van der Waals surface area contributed by atoms with E-state index in [4.69, 9.17) is 9.47 Å². The molecule has 1 aromatic carbocycles. The van der Waals surface area contributed by atoms with Gasteiger partial charge in [-0.1, -0.05) is 12.1 Å². The molecule has 1 N–H and O–H groups in total. The molecule has 1 aromatic rings. The second-order valence-corrected chi connectivity index (χ2v) is 6.41. The molecule has 0 spiro atoms. The Labute approximate surface area is 147 Å². The predicted octanol–water partition coefficient (Wildman–Crippen LogP) is 0.245. The van der Waals surface area contributed by atoms with E-state index >= 15 is 0 Å². The Morgan fingerprint density at radius 3 is 3.00 bits per heavy atom. The van der Waals surface area contributed by atoms with E-state index in [1.165, 1.54) is 0 Å². The monoisotopic (exact) mass is 347 g/mol.